The lowest BCUT2D eigenvalue weighted by Crippen LogP contribution is -2.40. The first-order chi connectivity index (χ1) is 9.36. The summed E-state index contributed by atoms with van der Waals surface area (Å²) in [5.41, 5.74) is 1.15. The van der Waals surface area contributed by atoms with E-state index in [0.717, 1.165) is 23.4 Å². The molecule has 2 aromatic rings. The normalized spacial score (nSPS) is 16.1. The minimum absolute atomic E-state index is 0.797. The number of thiazole rings is 1. The van der Waals surface area contributed by atoms with Gasteiger partial charge in [0.2, 0.25) is 0 Å². The van der Waals surface area contributed by atoms with Crippen molar-refractivity contribution in [1.29, 1.82) is 0 Å². The first kappa shape index (κ1) is 13.5. The van der Waals surface area contributed by atoms with Crippen LogP contribution in [-0.2, 0) is 6.54 Å². The molecular weight excluding hydrogens is 320 g/mol. The first-order valence-corrected chi connectivity index (χ1v) is 8.95. The van der Waals surface area contributed by atoms with E-state index in [1.807, 2.05) is 11.3 Å². The summed E-state index contributed by atoms with van der Waals surface area (Å²) < 4.78 is 1.31. The minimum Gasteiger partial charge on any atom is -0.294 e. The molecule has 1 heterocycles. The van der Waals surface area contributed by atoms with Gasteiger partial charge < -0.3 is 0 Å². The van der Waals surface area contributed by atoms with E-state index >= 15 is 0 Å². The molecule has 102 valence electrons. The average molecular weight is 339 g/mol. The van der Waals surface area contributed by atoms with Gasteiger partial charge in [-0.25, -0.2) is 4.98 Å². The molecule has 0 spiro atoms. The van der Waals surface area contributed by atoms with Crippen molar-refractivity contribution in [2.45, 2.75) is 38.3 Å². The maximum Gasteiger partial charge on any atom is 0.108 e. The second-order valence-electron chi connectivity index (χ2n) is 5.17. The third kappa shape index (κ3) is 3.18. The van der Waals surface area contributed by atoms with E-state index in [1.54, 1.807) is 0 Å². The molecule has 0 amide bonds. The van der Waals surface area contributed by atoms with Gasteiger partial charge in [0.25, 0.3) is 0 Å². The molecule has 1 aliphatic rings. The van der Waals surface area contributed by atoms with Crippen LogP contribution in [0.5, 0.6) is 0 Å². The van der Waals surface area contributed by atoms with E-state index in [0.29, 0.717) is 0 Å². The van der Waals surface area contributed by atoms with Gasteiger partial charge in [-0.3, -0.25) is 4.90 Å². The van der Waals surface area contributed by atoms with E-state index in [-0.39, 0.29) is 0 Å². The van der Waals surface area contributed by atoms with Crippen molar-refractivity contribution in [2.75, 3.05) is 11.9 Å². The van der Waals surface area contributed by atoms with Gasteiger partial charge in [0, 0.05) is 11.4 Å². The van der Waals surface area contributed by atoms with Gasteiger partial charge in [0.15, 0.2) is 0 Å². The second kappa shape index (κ2) is 6.33. The fraction of sp³-hybridized carbons (Fsp3) is 0.533. The monoisotopic (exact) mass is 338 g/mol. The van der Waals surface area contributed by atoms with Crippen molar-refractivity contribution < 1.29 is 0 Å². The van der Waals surface area contributed by atoms with Gasteiger partial charge >= 0.3 is 0 Å². The van der Waals surface area contributed by atoms with Crippen LogP contribution in [0.2, 0.25) is 0 Å². The van der Waals surface area contributed by atoms with E-state index < -0.39 is 0 Å². The number of benzene rings is 1. The Hall–Kier alpha value is -0.450. The number of alkyl halides is 1. The fourth-order valence-electron chi connectivity index (χ4n) is 2.57. The molecule has 0 bridgehead atoms. The smallest absolute Gasteiger partial charge is 0.108 e. The molecule has 0 atom stereocenters. The van der Waals surface area contributed by atoms with Crippen LogP contribution in [0.3, 0.4) is 0 Å². The number of halogens is 1. The zero-order valence-corrected chi connectivity index (χ0v) is 13.4. The number of aromatic nitrogens is 1. The lowest BCUT2D eigenvalue weighted by Gasteiger charge is -2.37. The Morgan fingerprint density at radius 1 is 1.32 bits per heavy atom. The lowest BCUT2D eigenvalue weighted by atomic mass is 9.91. The maximum absolute atomic E-state index is 4.77. The molecule has 1 aliphatic carbocycles. The zero-order chi connectivity index (χ0) is 13.1. The van der Waals surface area contributed by atoms with Crippen LogP contribution in [-0.4, -0.2) is 27.8 Å². The molecule has 0 N–H and O–H groups in total. The topological polar surface area (TPSA) is 16.1 Å². The molecule has 2 nitrogen and oxygen atoms in total. The van der Waals surface area contributed by atoms with Crippen LogP contribution in [0, 0.1) is 0 Å². The van der Waals surface area contributed by atoms with Gasteiger partial charge in [0.05, 0.1) is 16.8 Å². The van der Waals surface area contributed by atoms with Gasteiger partial charge in [-0.2, -0.15) is 0 Å². The molecular formula is C15H19BrN2S. The quantitative estimate of drug-likeness (QED) is 0.724. The van der Waals surface area contributed by atoms with Crippen molar-refractivity contribution in [3.63, 3.8) is 0 Å². The highest BCUT2D eigenvalue weighted by molar-refractivity contribution is 9.09. The SMILES string of the molecule is BrCCCN(Cc1nc2ccccc2s1)C1CCC1. The highest BCUT2D eigenvalue weighted by atomic mass is 79.9. The number of rotatable bonds is 6. The maximum atomic E-state index is 4.77. The van der Waals surface area contributed by atoms with E-state index in [1.165, 1.54) is 41.9 Å². The van der Waals surface area contributed by atoms with Crippen molar-refractivity contribution in [3.05, 3.63) is 29.3 Å². The van der Waals surface area contributed by atoms with Crippen molar-refractivity contribution in [3.8, 4) is 0 Å². The molecule has 1 fully saturated rings. The predicted octanol–water partition coefficient (Wildman–Crippen LogP) is 4.44. The van der Waals surface area contributed by atoms with E-state index in [4.69, 9.17) is 4.98 Å². The Balaban J connectivity index is 1.72. The highest BCUT2D eigenvalue weighted by Gasteiger charge is 2.25. The Morgan fingerprint density at radius 3 is 2.84 bits per heavy atom. The molecule has 4 heteroatoms. The molecule has 19 heavy (non-hydrogen) atoms. The van der Waals surface area contributed by atoms with E-state index in [9.17, 15) is 0 Å². The van der Waals surface area contributed by atoms with Gasteiger partial charge in [-0.1, -0.05) is 34.5 Å². The van der Waals surface area contributed by atoms with Gasteiger partial charge in [0.1, 0.15) is 5.01 Å². The van der Waals surface area contributed by atoms with Crippen LogP contribution in [0.15, 0.2) is 24.3 Å². The largest absolute Gasteiger partial charge is 0.294 e. The number of para-hydroxylation sites is 1. The third-order valence-corrected chi connectivity index (χ3v) is 5.43. The summed E-state index contributed by atoms with van der Waals surface area (Å²) in [5.74, 6) is 0. The van der Waals surface area contributed by atoms with Crippen molar-refractivity contribution >= 4 is 37.5 Å². The Kier molecular flexibility index (Phi) is 4.51. The molecule has 0 unspecified atom stereocenters. The van der Waals surface area contributed by atoms with Gasteiger partial charge in [-0.05, 0) is 37.9 Å². The Bertz CT molecular complexity index is 503. The summed E-state index contributed by atoms with van der Waals surface area (Å²) in [6, 6.07) is 9.25. The fourth-order valence-corrected chi connectivity index (χ4v) is 3.81. The molecule has 1 aromatic heterocycles. The van der Waals surface area contributed by atoms with Crippen LogP contribution >= 0.6 is 27.3 Å². The van der Waals surface area contributed by atoms with Crippen molar-refractivity contribution in [1.82, 2.24) is 9.88 Å². The molecule has 0 saturated heterocycles. The Labute approximate surface area is 127 Å². The molecule has 1 aromatic carbocycles. The second-order valence-corrected chi connectivity index (χ2v) is 7.08. The number of fused-ring (bicyclic) bond motifs is 1. The summed E-state index contributed by atoms with van der Waals surface area (Å²) in [6.07, 6.45) is 5.36. The molecule has 0 radical (unpaired) electrons. The number of hydrogen-bond acceptors (Lipinski definition) is 3. The zero-order valence-electron chi connectivity index (χ0n) is 11.0. The van der Waals surface area contributed by atoms with Crippen LogP contribution in [0.4, 0.5) is 0 Å². The van der Waals surface area contributed by atoms with Crippen LogP contribution in [0.1, 0.15) is 30.7 Å². The highest BCUT2D eigenvalue weighted by Crippen LogP contribution is 2.29. The number of hydrogen-bond donors (Lipinski definition) is 0. The lowest BCUT2D eigenvalue weighted by molar-refractivity contribution is 0.120. The van der Waals surface area contributed by atoms with Crippen LogP contribution in [0.25, 0.3) is 10.2 Å². The predicted molar refractivity (Wildman–Crippen MR) is 86.1 cm³/mol. The molecule has 0 aliphatic heterocycles. The summed E-state index contributed by atoms with van der Waals surface area (Å²) in [6.45, 7) is 2.21. The Morgan fingerprint density at radius 2 is 2.16 bits per heavy atom. The van der Waals surface area contributed by atoms with E-state index in [2.05, 4.69) is 45.1 Å². The summed E-state index contributed by atoms with van der Waals surface area (Å²) in [7, 11) is 0. The first-order valence-electron chi connectivity index (χ1n) is 7.01. The third-order valence-electron chi connectivity index (χ3n) is 3.85. The standard InChI is InChI=1S/C15H19BrN2S/c16-9-4-10-18(12-5-3-6-12)11-15-17-13-7-1-2-8-14(13)19-15/h1-2,7-8,12H,3-6,9-11H2. The minimum atomic E-state index is 0.797. The summed E-state index contributed by atoms with van der Waals surface area (Å²) in [5, 5.41) is 2.36. The molecule has 3 rings (SSSR count). The average Bonchev–Trinajstić information content (AvgIpc) is 2.76. The number of nitrogens with zero attached hydrogens (tertiary/aromatic N) is 2. The summed E-state index contributed by atoms with van der Waals surface area (Å²) >= 11 is 5.39. The van der Waals surface area contributed by atoms with Crippen molar-refractivity contribution in [2.24, 2.45) is 0 Å². The van der Waals surface area contributed by atoms with Gasteiger partial charge in [-0.15, -0.1) is 11.3 Å². The van der Waals surface area contributed by atoms with Crippen LogP contribution < -0.4 is 0 Å². The molecule has 1 saturated carbocycles. The summed E-state index contributed by atoms with van der Waals surface area (Å²) in [4.78, 5) is 7.39.